The van der Waals surface area contributed by atoms with Gasteiger partial charge in [-0.05, 0) is 42.5 Å². The number of carbonyl (C=O) groups is 3. The van der Waals surface area contributed by atoms with Crippen molar-refractivity contribution in [1.29, 1.82) is 0 Å². The van der Waals surface area contributed by atoms with Crippen molar-refractivity contribution in [3.05, 3.63) is 40.9 Å². The average molecular weight is 375 g/mol. The van der Waals surface area contributed by atoms with Gasteiger partial charge in [-0.2, -0.15) is 0 Å². The van der Waals surface area contributed by atoms with Crippen molar-refractivity contribution in [2.45, 2.75) is 6.42 Å². The van der Waals surface area contributed by atoms with Crippen LogP contribution in [0.15, 0.2) is 40.9 Å². The molecule has 4 atom stereocenters. The Kier molecular flexibility index (Phi) is 3.37. The Balaban J connectivity index is 1.45. The van der Waals surface area contributed by atoms with Crippen LogP contribution in [0.25, 0.3) is 0 Å². The van der Waals surface area contributed by atoms with Crippen LogP contribution in [0.4, 0.5) is 5.69 Å². The molecular weight excluding hydrogens is 360 g/mol. The number of hydrogen-bond donors (Lipinski definition) is 1. The molecule has 1 aromatic carbocycles. The molecule has 2 bridgehead atoms. The maximum Gasteiger partial charge on any atom is 0.244 e. The SMILES string of the molecule is O=C(CN1C(=O)[C@@H]2[C@H](C1=O)[C@@H]1C=C[C@@H]2C1)Nc1ccc(Br)cc1. The van der Waals surface area contributed by atoms with Crippen LogP contribution >= 0.6 is 15.9 Å². The van der Waals surface area contributed by atoms with Gasteiger partial charge in [0.1, 0.15) is 6.54 Å². The number of nitrogens with zero attached hydrogens (tertiary/aromatic N) is 1. The van der Waals surface area contributed by atoms with E-state index in [-0.39, 0.29) is 47.9 Å². The Bertz CT molecular complexity index is 698. The molecule has 6 heteroatoms. The highest BCUT2D eigenvalue weighted by atomic mass is 79.9. The lowest BCUT2D eigenvalue weighted by atomic mass is 9.85. The summed E-state index contributed by atoms with van der Waals surface area (Å²) >= 11 is 3.33. The van der Waals surface area contributed by atoms with Crippen LogP contribution < -0.4 is 5.32 Å². The summed E-state index contributed by atoms with van der Waals surface area (Å²) < 4.78 is 0.913. The Morgan fingerprint density at radius 1 is 1.09 bits per heavy atom. The van der Waals surface area contributed by atoms with Gasteiger partial charge in [0.25, 0.3) is 0 Å². The number of carbonyl (C=O) groups excluding carboxylic acids is 3. The summed E-state index contributed by atoms with van der Waals surface area (Å²) in [5.74, 6) is -0.905. The van der Waals surface area contributed by atoms with Gasteiger partial charge in [-0.25, -0.2) is 0 Å². The van der Waals surface area contributed by atoms with Crippen molar-refractivity contribution in [3.8, 4) is 0 Å². The predicted octanol–water partition coefficient (Wildman–Crippen LogP) is 2.19. The van der Waals surface area contributed by atoms with Crippen molar-refractivity contribution in [1.82, 2.24) is 4.90 Å². The first-order valence-electron chi connectivity index (χ1n) is 7.63. The first-order chi connectivity index (χ1) is 11.0. The fourth-order valence-electron chi connectivity index (χ4n) is 4.00. The lowest BCUT2D eigenvalue weighted by Gasteiger charge is -2.16. The molecule has 4 rings (SSSR count). The molecule has 0 radical (unpaired) electrons. The number of halogens is 1. The fraction of sp³-hybridized carbons (Fsp3) is 0.353. The number of nitrogens with one attached hydrogen (secondary N) is 1. The average Bonchev–Trinajstić information content (AvgIpc) is 3.19. The molecule has 2 aliphatic carbocycles. The lowest BCUT2D eigenvalue weighted by Crippen LogP contribution is -2.39. The number of likely N-dealkylation sites (tertiary alicyclic amines) is 1. The van der Waals surface area contributed by atoms with Crippen LogP contribution in [0.3, 0.4) is 0 Å². The minimum Gasteiger partial charge on any atom is -0.325 e. The molecule has 23 heavy (non-hydrogen) atoms. The maximum absolute atomic E-state index is 12.5. The first kappa shape index (κ1) is 14.6. The summed E-state index contributed by atoms with van der Waals surface area (Å²) in [7, 11) is 0. The molecule has 1 aliphatic heterocycles. The molecule has 1 heterocycles. The highest BCUT2D eigenvalue weighted by molar-refractivity contribution is 9.10. The summed E-state index contributed by atoms with van der Waals surface area (Å²) in [6.07, 6.45) is 4.98. The minimum atomic E-state index is -0.352. The van der Waals surface area contributed by atoms with Gasteiger partial charge >= 0.3 is 0 Å². The van der Waals surface area contributed by atoms with Gasteiger partial charge in [-0.15, -0.1) is 0 Å². The van der Waals surface area contributed by atoms with E-state index in [0.717, 1.165) is 15.8 Å². The van der Waals surface area contributed by atoms with Gasteiger partial charge in [-0.3, -0.25) is 19.3 Å². The van der Waals surface area contributed by atoms with E-state index in [0.29, 0.717) is 5.69 Å². The smallest absolute Gasteiger partial charge is 0.244 e. The van der Waals surface area contributed by atoms with Crippen LogP contribution in [0.5, 0.6) is 0 Å². The Hall–Kier alpha value is -1.95. The van der Waals surface area contributed by atoms with Gasteiger partial charge in [-0.1, -0.05) is 28.1 Å². The number of allylic oxidation sites excluding steroid dienone is 2. The molecule has 1 saturated heterocycles. The van der Waals surface area contributed by atoms with Gasteiger partial charge in [0.15, 0.2) is 0 Å². The van der Waals surface area contributed by atoms with E-state index in [1.54, 1.807) is 12.1 Å². The van der Waals surface area contributed by atoms with Crippen molar-refractivity contribution < 1.29 is 14.4 Å². The van der Waals surface area contributed by atoms with E-state index >= 15 is 0 Å². The summed E-state index contributed by atoms with van der Waals surface area (Å²) in [5.41, 5.74) is 0.638. The van der Waals surface area contributed by atoms with Crippen LogP contribution in [-0.4, -0.2) is 29.2 Å². The highest BCUT2D eigenvalue weighted by Gasteiger charge is 2.59. The second-order valence-corrected chi connectivity index (χ2v) is 7.23. The van der Waals surface area contributed by atoms with E-state index in [2.05, 4.69) is 21.2 Å². The molecule has 118 valence electrons. The van der Waals surface area contributed by atoms with Crippen LogP contribution in [0.1, 0.15) is 6.42 Å². The predicted molar refractivity (Wildman–Crippen MR) is 87.2 cm³/mol. The van der Waals surface area contributed by atoms with Crippen LogP contribution in [0, 0.1) is 23.7 Å². The molecule has 5 nitrogen and oxygen atoms in total. The molecule has 2 fully saturated rings. The van der Waals surface area contributed by atoms with E-state index in [4.69, 9.17) is 0 Å². The van der Waals surface area contributed by atoms with Crippen molar-refractivity contribution in [3.63, 3.8) is 0 Å². The second-order valence-electron chi connectivity index (χ2n) is 6.32. The third kappa shape index (κ3) is 2.32. The normalized spacial score (nSPS) is 30.9. The Morgan fingerprint density at radius 3 is 2.22 bits per heavy atom. The minimum absolute atomic E-state index is 0.168. The Morgan fingerprint density at radius 2 is 1.65 bits per heavy atom. The molecule has 3 amide bonds. The maximum atomic E-state index is 12.5. The first-order valence-corrected chi connectivity index (χ1v) is 8.43. The number of benzene rings is 1. The molecule has 1 saturated carbocycles. The number of rotatable bonds is 3. The second kappa shape index (κ2) is 5.30. The summed E-state index contributed by atoms with van der Waals surface area (Å²) in [5, 5.41) is 2.72. The molecule has 0 spiro atoms. The number of amides is 3. The summed E-state index contributed by atoms with van der Waals surface area (Å²) in [4.78, 5) is 38.3. The van der Waals surface area contributed by atoms with E-state index < -0.39 is 0 Å². The zero-order valence-corrected chi connectivity index (χ0v) is 13.8. The standard InChI is InChI=1S/C17H15BrN2O3/c18-11-3-5-12(6-4-11)19-13(21)8-20-16(22)14-9-1-2-10(7-9)15(14)17(20)23/h1-6,9-10,14-15H,7-8H2,(H,19,21)/t9-,10-,14-,15+/m1/s1. The summed E-state index contributed by atoms with van der Waals surface area (Å²) in [6, 6.07) is 7.15. The third-order valence-corrected chi connectivity index (χ3v) is 5.52. The van der Waals surface area contributed by atoms with E-state index in [1.807, 2.05) is 24.3 Å². The van der Waals surface area contributed by atoms with Crippen molar-refractivity contribution >= 4 is 39.3 Å². The van der Waals surface area contributed by atoms with E-state index in [9.17, 15) is 14.4 Å². The van der Waals surface area contributed by atoms with Gasteiger partial charge in [0.2, 0.25) is 17.7 Å². The topological polar surface area (TPSA) is 66.5 Å². The number of anilines is 1. The zero-order valence-electron chi connectivity index (χ0n) is 12.2. The van der Waals surface area contributed by atoms with Crippen LogP contribution in [0.2, 0.25) is 0 Å². The van der Waals surface area contributed by atoms with Crippen molar-refractivity contribution in [2.24, 2.45) is 23.7 Å². The van der Waals surface area contributed by atoms with Crippen molar-refractivity contribution in [2.75, 3.05) is 11.9 Å². The number of imide groups is 1. The van der Waals surface area contributed by atoms with Crippen LogP contribution in [-0.2, 0) is 14.4 Å². The van der Waals surface area contributed by atoms with E-state index in [1.165, 1.54) is 0 Å². The monoisotopic (exact) mass is 374 g/mol. The lowest BCUT2D eigenvalue weighted by molar-refractivity contribution is -0.143. The molecule has 0 unspecified atom stereocenters. The molecule has 3 aliphatic rings. The van der Waals surface area contributed by atoms with Gasteiger partial charge < -0.3 is 5.32 Å². The number of fused-ring (bicyclic) bond motifs is 5. The van der Waals surface area contributed by atoms with Gasteiger partial charge in [0, 0.05) is 10.2 Å². The fourth-order valence-corrected chi connectivity index (χ4v) is 4.26. The Labute approximate surface area is 141 Å². The third-order valence-electron chi connectivity index (χ3n) is 4.99. The zero-order chi connectivity index (χ0) is 16.1. The quantitative estimate of drug-likeness (QED) is 0.651. The molecule has 1 aromatic rings. The molecule has 0 aromatic heterocycles. The number of hydrogen-bond acceptors (Lipinski definition) is 3. The summed E-state index contributed by atoms with van der Waals surface area (Å²) in [6.45, 7) is -0.208. The largest absolute Gasteiger partial charge is 0.325 e. The van der Waals surface area contributed by atoms with Gasteiger partial charge in [0.05, 0.1) is 11.8 Å². The molecule has 1 N–H and O–H groups in total. The molecular formula is C17H15BrN2O3. The highest BCUT2D eigenvalue weighted by Crippen LogP contribution is 2.52.